The van der Waals surface area contributed by atoms with E-state index < -0.39 is 5.66 Å². The van der Waals surface area contributed by atoms with Crippen LogP contribution < -0.4 is 4.74 Å². The number of hydrogen-bond acceptors (Lipinski definition) is 5. The van der Waals surface area contributed by atoms with Crippen LogP contribution in [0.5, 0.6) is 11.6 Å². The lowest BCUT2D eigenvalue weighted by Crippen LogP contribution is -2.50. The predicted octanol–water partition coefficient (Wildman–Crippen LogP) is 5.57. The number of fused-ring (bicyclic) bond motifs is 3. The lowest BCUT2D eigenvalue weighted by atomic mass is 9.90. The molecule has 4 aromatic rings. The van der Waals surface area contributed by atoms with Gasteiger partial charge >= 0.3 is 0 Å². The Balaban J connectivity index is 1.41. The number of halogens is 1. The van der Waals surface area contributed by atoms with Crippen LogP contribution in [-0.2, 0) is 5.66 Å². The van der Waals surface area contributed by atoms with Gasteiger partial charge < -0.3 is 14.5 Å². The summed E-state index contributed by atoms with van der Waals surface area (Å²) in [5.41, 5.74) is 3.33. The molecule has 2 aromatic carbocycles. The topological polar surface area (TPSA) is 58.6 Å². The number of nitrogens with zero attached hydrogens (tertiary/aromatic N) is 4. The average Bonchev–Trinajstić information content (AvgIpc) is 3.40. The van der Waals surface area contributed by atoms with Gasteiger partial charge in [-0.05, 0) is 36.4 Å². The SMILES string of the molecule is C=C1c2ccncc2C2(c3ccc(Cl)cc3)N1CCN2C(=O)c1ccc(Oc2ccccc2)nc1. The molecule has 0 aliphatic carbocycles. The summed E-state index contributed by atoms with van der Waals surface area (Å²) in [5.74, 6) is 0.974. The Morgan fingerprint density at radius 2 is 1.77 bits per heavy atom. The van der Waals surface area contributed by atoms with Gasteiger partial charge in [-0.2, -0.15) is 0 Å². The van der Waals surface area contributed by atoms with E-state index in [1.54, 1.807) is 24.5 Å². The zero-order valence-electron chi connectivity index (χ0n) is 18.8. The fourth-order valence-electron chi connectivity index (χ4n) is 5.09. The molecule has 0 saturated carbocycles. The highest BCUT2D eigenvalue weighted by Gasteiger charge is 2.57. The quantitative estimate of drug-likeness (QED) is 0.382. The Bertz CT molecular complexity index is 1420. The normalized spacial score (nSPS) is 18.4. The molecule has 2 aliphatic rings. The summed E-state index contributed by atoms with van der Waals surface area (Å²) in [4.78, 5) is 26.8. The van der Waals surface area contributed by atoms with Crippen LogP contribution in [0, 0.1) is 0 Å². The van der Waals surface area contributed by atoms with Gasteiger partial charge in [0.2, 0.25) is 5.88 Å². The van der Waals surface area contributed by atoms with Crippen molar-refractivity contribution in [1.82, 2.24) is 19.8 Å². The van der Waals surface area contributed by atoms with Crippen molar-refractivity contribution in [3.05, 3.63) is 125 Å². The van der Waals surface area contributed by atoms with E-state index in [9.17, 15) is 4.79 Å². The number of benzene rings is 2. The lowest BCUT2D eigenvalue weighted by molar-refractivity contribution is 0.0517. The summed E-state index contributed by atoms with van der Waals surface area (Å²) in [6.45, 7) is 5.52. The van der Waals surface area contributed by atoms with Gasteiger partial charge in [0.15, 0.2) is 5.66 Å². The maximum Gasteiger partial charge on any atom is 0.257 e. The van der Waals surface area contributed by atoms with Crippen LogP contribution in [0.1, 0.15) is 27.0 Å². The zero-order chi connectivity index (χ0) is 24.0. The minimum absolute atomic E-state index is 0.134. The van der Waals surface area contributed by atoms with Crippen LogP contribution in [0.25, 0.3) is 5.70 Å². The van der Waals surface area contributed by atoms with E-state index in [4.69, 9.17) is 16.3 Å². The summed E-state index contributed by atoms with van der Waals surface area (Å²) < 4.78 is 5.79. The summed E-state index contributed by atoms with van der Waals surface area (Å²) >= 11 is 6.21. The van der Waals surface area contributed by atoms with E-state index in [1.807, 2.05) is 71.8 Å². The number of amides is 1. The maximum atomic E-state index is 14.0. The minimum atomic E-state index is -0.860. The van der Waals surface area contributed by atoms with Gasteiger partial charge in [-0.3, -0.25) is 9.78 Å². The van der Waals surface area contributed by atoms with Crippen LogP contribution in [0.2, 0.25) is 5.02 Å². The smallest absolute Gasteiger partial charge is 0.257 e. The molecule has 2 aromatic heterocycles. The molecule has 0 N–H and O–H groups in total. The van der Waals surface area contributed by atoms with Crippen molar-refractivity contribution >= 4 is 23.2 Å². The molecule has 35 heavy (non-hydrogen) atoms. The number of rotatable bonds is 4. The number of para-hydroxylation sites is 1. The van der Waals surface area contributed by atoms with Crippen molar-refractivity contribution in [2.75, 3.05) is 13.1 Å². The Morgan fingerprint density at radius 3 is 2.51 bits per heavy atom. The maximum absolute atomic E-state index is 14.0. The highest BCUT2D eigenvalue weighted by atomic mass is 35.5. The van der Waals surface area contributed by atoms with Gasteiger partial charge in [-0.1, -0.05) is 48.5 Å². The summed E-state index contributed by atoms with van der Waals surface area (Å²) in [7, 11) is 0. The number of carbonyl (C=O) groups excluding carboxylic acids is 1. The van der Waals surface area contributed by atoms with E-state index in [0.717, 1.165) is 22.4 Å². The third kappa shape index (κ3) is 3.29. The van der Waals surface area contributed by atoms with Gasteiger partial charge in [-0.25, -0.2) is 4.98 Å². The molecule has 0 radical (unpaired) electrons. The molecule has 1 unspecified atom stereocenters. The van der Waals surface area contributed by atoms with Crippen LogP contribution in [0.3, 0.4) is 0 Å². The monoisotopic (exact) mass is 480 g/mol. The fraction of sp³-hybridized carbons (Fsp3) is 0.107. The minimum Gasteiger partial charge on any atom is -0.439 e. The molecule has 1 atom stereocenters. The van der Waals surface area contributed by atoms with Gasteiger partial charge in [0.25, 0.3) is 5.91 Å². The molecular formula is C28H21ClN4O2. The molecule has 7 heteroatoms. The van der Waals surface area contributed by atoms with Crippen LogP contribution in [0.4, 0.5) is 0 Å². The van der Waals surface area contributed by atoms with Crippen molar-refractivity contribution < 1.29 is 9.53 Å². The van der Waals surface area contributed by atoms with E-state index >= 15 is 0 Å². The molecule has 0 bridgehead atoms. The van der Waals surface area contributed by atoms with Crippen molar-refractivity contribution in [3.8, 4) is 11.6 Å². The van der Waals surface area contributed by atoms with Gasteiger partial charge in [0.1, 0.15) is 5.75 Å². The first-order valence-corrected chi connectivity index (χ1v) is 11.7. The molecule has 0 spiro atoms. The van der Waals surface area contributed by atoms with E-state index in [-0.39, 0.29) is 5.91 Å². The number of pyridine rings is 2. The second-order valence-electron chi connectivity index (χ2n) is 8.46. The largest absolute Gasteiger partial charge is 0.439 e. The molecule has 1 fully saturated rings. The molecular weight excluding hydrogens is 460 g/mol. The molecule has 6 rings (SSSR count). The van der Waals surface area contributed by atoms with Gasteiger partial charge in [0.05, 0.1) is 5.56 Å². The Morgan fingerprint density at radius 1 is 0.971 bits per heavy atom. The predicted molar refractivity (Wildman–Crippen MR) is 134 cm³/mol. The fourth-order valence-corrected chi connectivity index (χ4v) is 5.22. The highest BCUT2D eigenvalue weighted by Crippen LogP contribution is 2.53. The number of carbonyl (C=O) groups is 1. The second-order valence-corrected chi connectivity index (χ2v) is 8.89. The molecule has 1 saturated heterocycles. The number of hydrogen-bond donors (Lipinski definition) is 0. The van der Waals surface area contributed by atoms with Gasteiger partial charge in [-0.15, -0.1) is 0 Å². The first-order chi connectivity index (χ1) is 17.1. The Kier molecular flexibility index (Phi) is 5.04. The van der Waals surface area contributed by atoms with E-state index in [2.05, 4.69) is 21.4 Å². The molecule has 4 heterocycles. The molecule has 2 aliphatic heterocycles. The van der Waals surface area contributed by atoms with Crippen molar-refractivity contribution in [2.45, 2.75) is 5.66 Å². The second kappa shape index (κ2) is 8.25. The van der Waals surface area contributed by atoms with E-state index in [0.29, 0.717) is 35.3 Å². The van der Waals surface area contributed by atoms with Crippen LogP contribution in [-0.4, -0.2) is 38.8 Å². The molecule has 1 amide bonds. The first kappa shape index (κ1) is 21.4. The Labute approximate surface area is 208 Å². The average molecular weight is 481 g/mol. The first-order valence-electron chi connectivity index (χ1n) is 11.3. The number of ether oxygens (including phenoxy) is 1. The lowest BCUT2D eigenvalue weighted by Gasteiger charge is -2.41. The third-order valence-electron chi connectivity index (χ3n) is 6.60. The van der Waals surface area contributed by atoms with E-state index in [1.165, 1.54) is 0 Å². The Hall–Kier alpha value is -4.16. The summed E-state index contributed by atoms with van der Waals surface area (Å²) in [5, 5.41) is 0.633. The highest BCUT2D eigenvalue weighted by molar-refractivity contribution is 6.30. The standard InChI is InChI=1S/C28H21ClN4O2/c1-19-24-13-14-30-18-25(24)28(21-8-10-22(29)11-9-21)32(19)15-16-33(28)27(34)20-7-12-26(31-17-20)35-23-5-3-2-4-6-23/h2-14,17-18H,1,15-16H2. The molecule has 172 valence electrons. The van der Waals surface area contributed by atoms with Crippen LogP contribution in [0.15, 0.2) is 98.0 Å². The summed E-state index contributed by atoms with van der Waals surface area (Å²) in [6, 6.07) is 22.5. The third-order valence-corrected chi connectivity index (χ3v) is 6.85. The number of aromatic nitrogens is 2. The summed E-state index contributed by atoms with van der Waals surface area (Å²) in [6.07, 6.45) is 5.14. The zero-order valence-corrected chi connectivity index (χ0v) is 19.5. The van der Waals surface area contributed by atoms with Crippen LogP contribution >= 0.6 is 11.6 Å². The van der Waals surface area contributed by atoms with Gasteiger partial charge in [0, 0.05) is 65.2 Å². The molecule has 6 nitrogen and oxygen atoms in total. The van der Waals surface area contributed by atoms with Crippen molar-refractivity contribution in [2.24, 2.45) is 0 Å². The van der Waals surface area contributed by atoms with Crippen molar-refractivity contribution in [3.63, 3.8) is 0 Å². The van der Waals surface area contributed by atoms with Crippen molar-refractivity contribution in [1.29, 1.82) is 0 Å².